The number of rotatable bonds is 2. The number of nitrogens with two attached hydrogens (primary N) is 1. The van der Waals surface area contributed by atoms with Gasteiger partial charge in [-0.2, -0.15) is 8.42 Å². The van der Waals surface area contributed by atoms with Crippen LogP contribution in [0.4, 0.5) is 0 Å². The highest BCUT2D eigenvalue weighted by atomic mass is 127. The van der Waals surface area contributed by atoms with Gasteiger partial charge in [0.05, 0.1) is 21.2 Å². The Labute approximate surface area is 77.0 Å². The van der Waals surface area contributed by atoms with E-state index in [9.17, 15) is 8.42 Å². The molecule has 0 saturated carbocycles. The van der Waals surface area contributed by atoms with Crippen LogP contribution in [0.5, 0.6) is 0 Å². The lowest BCUT2D eigenvalue weighted by Crippen LogP contribution is -2.01. The lowest BCUT2D eigenvalue weighted by molar-refractivity contribution is 0.605. The van der Waals surface area contributed by atoms with Crippen molar-refractivity contribution in [3.05, 3.63) is 24.0 Å². The van der Waals surface area contributed by atoms with Crippen LogP contribution in [0.2, 0.25) is 0 Å². The molecular formula is C5H7IN2O2S. The van der Waals surface area contributed by atoms with Crippen molar-refractivity contribution in [2.45, 2.75) is 6.54 Å². The second-order valence-corrected chi connectivity index (χ2v) is 6.58. The fourth-order valence-electron chi connectivity index (χ4n) is 0.675. The summed E-state index contributed by atoms with van der Waals surface area (Å²) in [6.07, 6.45) is 2.98. The number of hydrogen-bond donors (Lipinski definition) is 1. The minimum absolute atomic E-state index is 0.360. The van der Waals surface area contributed by atoms with Crippen molar-refractivity contribution in [2.75, 3.05) is 0 Å². The maximum Gasteiger partial charge on any atom is 0.291 e. The van der Waals surface area contributed by atoms with Gasteiger partial charge in [0, 0.05) is 18.9 Å². The van der Waals surface area contributed by atoms with Gasteiger partial charge in [-0.3, -0.25) is 0 Å². The number of halogens is 1. The summed E-state index contributed by atoms with van der Waals surface area (Å²) in [5.41, 5.74) is 6.11. The van der Waals surface area contributed by atoms with Crippen LogP contribution in [0.25, 0.3) is 0 Å². The quantitative estimate of drug-likeness (QED) is 0.635. The van der Waals surface area contributed by atoms with Gasteiger partial charge in [-0.15, -0.1) is 0 Å². The third kappa shape index (κ3) is 2.17. The van der Waals surface area contributed by atoms with Crippen LogP contribution in [0.15, 0.2) is 18.5 Å². The highest BCUT2D eigenvalue weighted by Crippen LogP contribution is 2.09. The Bertz CT molecular complexity index is 343. The molecule has 0 atom stereocenters. The zero-order valence-corrected chi connectivity index (χ0v) is 8.54. The molecule has 4 nitrogen and oxygen atoms in total. The van der Waals surface area contributed by atoms with Crippen LogP contribution in [0, 0.1) is 0 Å². The second-order valence-electron chi connectivity index (χ2n) is 2.00. The molecule has 0 spiro atoms. The Morgan fingerprint density at radius 2 is 2.27 bits per heavy atom. The van der Waals surface area contributed by atoms with Gasteiger partial charge in [0.15, 0.2) is 0 Å². The van der Waals surface area contributed by atoms with Gasteiger partial charge < -0.3 is 5.73 Å². The summed E-state index contributed by atoms with van der Waals surface area (Å²) in [6.45, 7) is 0.360. The second kappa shape index (κ2) is 3.11. The molecule has 0 unspecified atom stereocenters. The minimum atomic E-state index is -3.16. The normalized spacial score (nSPS) is 11.8. The van der Waals surface area contributed by atoms with E-state index in [0.29, 0.717) is 6.54 Å². The first-order valence-electron chi connectivity index (χ1n) is 2.86. The number of aromatic nitrogens is 1. The molecule has 1 aromatic rings. The Kier molecular flexibility index (Phi) is 2.55. The highest BCUT2D eigenvalue weighted by molar-refractivity contribution is 14.2. The van der Waals surface area contributed by atoms with Crippen LogP contribution in [0.3, 0.4) is 0 Å². The number of hydrogen-bond acceptors (Lipinski definition) is 3. The van der Waals surface area contributed by atoms with Crippen molar-refractivity contribution in [1.82, 2.24) is 3.97 Å². The molecule has 0 aliphatic carbocycles. The van der Waals surface area contributed by atoms with Gasteiger partial charge in [-0.1, -0.05) is 0 Å². The van der Waals surface area contributed by atoms with E-state index in [2.05, 4.69) is 0 Å². The molecular weight excluding hydrogens is 279 g/mol. The van der Waals surface area contributed by atoms with Gasteiger partial charge in [-0.05, 0) is 11.6 Å². The van der Waals surface area contributed by atoms with E-state index >= 15 is 0 Å². The summed E-state index contributed by atoms with van der Waals surface area (Å²) in [6, 6.07) is 1.68. The first kappa shape index (κ1) is 9.01. The topological polar surface area (TPSA) is 65.1 Å². The molecule has 0 aliphatic heterocycles. The van der Waals surface area contributed by atoms with Crippen molar-refractivity contribution in [3.63, 3.8) is 0 Å². The molecule has 0 bridgehead atoms. The summed E-state index contributed by atoms with van der Waals surface area (Å²) < 4.78 is 22.9. The first-order chi connectivity index (χ1) is 5.04. The standard InChI is InChI=1S/C5H7IN2O2S/c6-11(9,10)8-2-1-5(3-7)4-8/h1-2,4H,3,7H2. The summed E-state index contributed by atoms with van der Waals surface area (Å²) >= 11 is 1.37. The molecule has 0 saturated heterocycles. The Morgan fingerprint density at radius 1 is 1.64 bits per heavy atom. The highest BCUT2D eigenvalue weighted by Gasteiger charge is 2.05. The first-order valence-corrected chi connectivity index (χ1v) is 6.84. The monoisotopic (exact) mass is 286 g/mol. The van der Waals surface area contributed by atoms with Crippen molar-refractivity contribution >= 4 is 28.4 Å². The molecule has 1 rings (SSSR count). The van der Waals surface area contributed by atoms with Gasteiger partial charge >= 0.3 is 0 Å². The van der Waals surface area contributed by atoms with Crippen LogP contribution in [-0.2, 0) is 13.7 Å². The molecule has 11 heavy (non-hydrogen) atoms. The average molecular weight is 286 g/mol. The Balaban J connectivity index is 3.09. The van der Waals surface area contributed by atoms with Crippen LogP contribution < -0.4 is 5.73 Å². The van der Waals surface area contributed by atoms with E-state index in [1.165, 1.54) is 33.6 Å². The predicted molar refractivity (Wildman–Crippen MR) is 50.7 cm³/mol. The van der Waals surface area contributed by atoms with E-state index in [1.807, 2.05) is 0 Å². The largest absolute Gasteiger partial charge is 0.326 e. The third-order valence-electron chi connectivity index (χ3n) is 1.22. The SMILES string of the molecule is NCc1ccn(S(=O)(=O)I)c1. The summed E-state index contributed by atoms with van der Waals surface area (Å²) in [5.74, 6) is 0. The average Bonchev–Trinajstić information content (AvgIpc) is 2.32. The van der Waals surface area contributed by atoms with E-state index < -0.39 is 7.19 Å². The Hall–Kier alpha value is -0.0800. The van der Waals surface area contributed by atoms with E-state index in [-0.39, 0.29) is 0 Å². The molecule has 0 aromatic carbocycles. The molecule has 0 amide bonds. The molecule has 0 aliphatic rings. The van der Waals surface area contributed by atoms with E-state index in [4.69, 9.17) is 5.73 Å². The third-order valence-corrected chi connectivity index (χ3v) is 3.31. The maximum absolute atomic E-state index is 10.9. The fraction of sp³-hybridized carbons (Fsp3) is 0.200. The van der Waals surface area contributed by atoms with Crippen molar-refractivity contribution < 1.29 is 8.42 Å². The van der Waals surface area contributed by atoms with E-state index in [1.54, 1.807) is 6.07 Å². The summed E-state index contributed by atoms with van der Waals surface area (Å²) in [4.78, 5) is 0. The zero-order valence-electron chi connectivity index (χ0n) is 5.57. The smallest absolute Gasteiger partial charge is 0.291 e. The molecule has 0 radical (unpaired) electrons. The molecule has 0 fully saturated rings. The summed E-state index contributed by atoms with van der Waals surface area (Å²) in [7, 11) is -3.16. The lowest BCUT2D eigenvalue weighted by atomic mass is 10.4. The zero-order chi connectivity index (χ0) is 8.48. The van der Waals surface area contributed by atoms with Crippen molar-refractivity contribution in [3.8, 4) is 0 Å². The molecule has 1 heterocycles. The number of nitrogens with zero attached hydrogens (tertiary/aromatic N) is 1. The molecule has 62 valence electrons. The lowest BCUT2D eigenvalue weighted by Gasteiger charge is -1.93. The van der Waals surface area contributed by atoms with Gasteiger partial charge in [0.2, 0.25) is 0 Å². The minimum Gasteiger partial charge on any atom is -0.326 e. The van der Waals surface area contributed by atoms with Crippen molar-refractivity contribution in [2.24, 2.45) is 5.73 Å². The molecule has 6 heteroatoms. The van der Waals surface area contributed by atoms with Gasteiger partial charge in [-0.25, -0.2) is 3.97 Å². The van der Waals surface area contributed by atoms with E-state index in [0.717, 1.165) is 9.54 Å². The van der Waals surface area contributed by atoms with Crippen molar-refractivity contribution in [1.29, 1.82) is 0 Å². The molecule has 1 aromatic heterocycles. The van der Waals surface area contributed by atoms with Crippen LogP contribution in [0.1, 0.15) is 5.56 Å². The molecule has 2 N–H and O–H groups in total. The van der Waals surface area contributed by atoms with Crippen LogP contribution in [-0.4, -0.2) is 12.4 Å². The predicted octanol–water partition coefficient (Wildman–Crippen LogP) is 0.475. The van der Waals surface area contributed by atoms with Crippen LogP contribution >= 0.6 is 21.2 Å². The Morgan fingerprint density at radius 3 is 2.55 bits per heavy atom. The maximum atomic E-state index is 10.9. The summed E-state index contributed by atoms with van der Waals surface area (Å²) in [5, 5.41) is 0. The van der Waals surface area contributed by atoms with Gasteiger partial charge in [0.1, 0.15) is 0 Å². The van der Waals surface area contributed by atoms with Gasteiger partial charge in [0.25, 0.3) is 7.19 Å². The fourth-order valence-corrected chi connectivity index (χ4v) is 1.88.